The predicted molar refractivity (Wildman–Crippen MR) is 73.2 cm³/mol. The van der Waals surface area contributed by atoms with E-state index in [9.17, 15) is 5.11 Å². The molecule has 0 bridgehead atoms. The van der Waals surface area contributed by atoms with Crippen LogP contribution in [0.4, 0.5) is 0 Å². The van der Waals surface area contributed by atoms with Gasteiger partial charge in [0.05, 0.1) is 6.61 Å². The van der Waals surface area contributed by atoms with Crippen LogP contribution in [0.15, 0.2) is 0 Å². The first-order valence-corrected chi connectivity index (χ1v) is 7.18. The van der Waals surface area contributed by atoms with Crippen molar-refractivity contribution in [1.82, 2.24) is 10.2 Å². The van der Waals surface area contributed by atoms with Gasteiger partial charge in [0, 0.05) is 5.54 Å². The van der Waals surface area contributed by atoms with Gasteiger partial charge in [-0.05, 0) is 64.7 Å². The number of hydrogen-bond donors (Lipinski definition) is 2. The maximum atomic E-state index is 9.47. The molecule has 1 rings (SSSR count). The van der Waals surface area contributed by atoms with E-state index in [1.54, 1.807) is 0 Å². The Balaban J connectivity index is 2.22. The fraction of sp³-hybridized carbons (Fsp3) is 1.00. The van der Waals surface area contributed by atoms with Crippen molar-refractivity contribution >= 4 is 0 Å². The Morgan fingerprint density at radius 3 is 2.47 bits per heavy atom. The van der Waals surface area contributed by atoms with Crippen molar-refractivity contribution in [3.63, 3.8) is 0 Å². The molecule has 1 unspecified atom stereocenters. The number of piperidine rings is 1. The van der Waals surface area contributed by atoms with E-state index in [0.29, 0.717) is 0 Å². The maximum absolute atomic E-state index is 9.47. The number of aliphatic hydroxyl groups is 1. The number of nitrogens with one attached hydrogen (secondary N) is 1. The summed E-state index contributed by atoms with van der Waals surface area (Å²) in [5.41, 5.74) is -0.0525. The molecule has 0 amide bonds. The van der Waals surface area contributed by atoms with E-state index >= 15 is 0 Å². The summed E-state index contributed by atoms with van der Waals surface area (Å²) >= 11 is 0. The van der Waals surface area contributed by atoms with Crippen LogP contribution in [-0.2, 0) is 0 Å². The maximum Gasteiger partial charge on any atom is 0.0613 e. The third-order valence-corrected chi connectivity index (χ3v) is 4.52. The quantitative estimate of drug-likeness (QED) is 0.715. The summed E-state index contributed by atoms with van der Waals surface area (Å²) < 4.78 is 0. The molecule has 1 aliphatic rings. The van der Waals surface area contributed by atoms with Gasteiger partial charge in [-0.1, -0.05) is 13.8 Å². The molecular weight excluding hydrogens is 212 g/mol. The summed E-state index contributed by atoms with van der Waals surface area (Å²) in [4.78, 5) is 2.58. The summed E-state index contributed by atoms with van der Waals surface area (Å²) in [5.74, 6) is 0.913. The van der Waals surface area contributed by atoms with Crippen LogP contribution in [0.5, 0.6) is 0 Å². The highest BCUT2D eigenvalue weighted by atomic mass is 16.3. The molecule has 2 N–H and O–H groups in total. The van der Waals surface area contributed by atoms with Crippen LogP contribution in [0, 0.1) is 5.92 Å². The zero-order valence-corrected chi connectivity index (χ0v) is 11.8. The summed E-state index contributed by atoms with van der Waals surface area (Å²) in [5, 5.41) is 12.8. The lowest BCUT2D eigenvalue weighted by molar-refractivity contribution is 0.138. The van der Waals surface area contributed by atoms with Crippen molar-refractivity contribution in [2.24, 2.45) is 5.92 Å². The average molecular weight is 242 g/mol. The fourth-order valence-electron chi connectivity index (χ4n) is 2.68. The van der Waals surface area contributed by atoms with Crippen molar-refractivity contribution < 1.29 is 5.11 Å². The van der Waals surface area contributed by atoms with Gasteiger partial charge in [0.25, 0.3) is 0 Å². The van der Waals surface area contributed by atoms with E-state index in [2.05, 4.69) is 24.1 Å². The number of rotatable bonds is 7. The molecule has 1 heterocycles. The molecule has 0 spiro atoms. The normalized spacial score (nSPS) is 22.6. The monoisotopic (exact) mass is 242 g/mol. The van der Waals surface area contributed by atoms with E-state index in [0.717, 1.165) is 18.8 Å². The predicted octanol–water partition coefficient (Wildman–Crippen LogP) is 1.86. The Labute approximate surface area is 107 Å². The van der Waals surface area contributed by atoms with Crippen molar-refractivity contribution in [3.05, 3.63) is 0 Å². The summed E-state index contributed by atoms with van der Waals surface area (Å²) in [7, 11) is 1.96. The Bertz CT molecular complexity index is 188. The summed E-state index contributed by atoms with van der Waals surface area (Å²) in [6, 6.07) is 0. The zero-order chi connectivity index (χ0) is 12.7. The Hall–Kier alpha value is -0.120. The number of likely N-dealkylation sites (tertiary alicyclic amines) is 1. The lowest BCUT2D eigenvalue weighted by Gasteiger charge is -2.33. The lowest BCUT2D eigenvalue weighted by atomic mass is 9.91. The highest BCUT2D eigenvalue weighted by molar-refractivity contribution is 4.85. The fourth-order valence-corrected chi connectivity index (χ4v) is 2.68. The van der Waals surface area contributed by atoms with Gasteiger partial charge in [-0.15, -0.1) is 0 Å². The molecule has 0 radical (unpaired) electrons. The number of nitrogens with zero attached hydrogens (tertiary/aromatic N) is 1. The Morgan fingerprint density at radius 2 is 2.00 bits per heavy atom. The summed E-state index contributed by atoms with van der Waals surface area (Å²) in [6.07, 6.45) is 5.96. The molecule has 0 aromatic carbocycles. The van der Waals surface area contributed by atoms with Gasteiger partial charge < -0.3 is 15.3 Å². The second-order valence-corrected chi connectivity index (χ2v) is 5.67. The average Bonchev–Trinajstić information content (AvgIpc) is 2.38. The molecule has 0 saturated carbocycles. The van der Waals surface area contributed by atoms with Crippen molar-refractivity contribution in [2.45, 2.75) is 51.5 Å². The van der Waals surface area contributed by atoms with E-state index in [4.69, 9.17) is 0 Å². The topological polar surface area (TPSA) is 35.5 Å². The van der Waals surface area contributed by atoms with Crippen molar-refractivity contribution in [2.75, 3.05) is 33.3 Å². The molecule has 1 atom stereocenters. The zero-order valence-electron chi connectivity index (χ0n) is 11.8. The molecule has 0 aromatic heterocycles. The molecule has 1 fully saturated rings. The van der Waals surface area contributed by atoms with Crippen molar-refractivity contribution in [1.29, 1.82) is 0 Å². The molecule has 0 aliphatic carbocycles. The third kappa shape index (κ3) is 4.57. The molecule has 102 valence electrons. The highest BCUT2D eigenvalue weighted by Crippen LogP contribution is 2.19. The molecule has 17 heavy (non-hydrogen) atoms. The third-order valence-electron chi connectivity index (χ3n) is 4.52. The van der Waals surface area contributed by atoms with Crippen molar-refractivity contribution in [3.8, 4) is 0 Å². The minimum atomic E-state index is -0.0525. The van der Waals surface area contributed by atoms with Crippen LogP contribution in [-0.4, -0.2) is 48.8 Å². The standard InChI is InChI=1S/C14H30N2O/c1-4-14(12-17,15-3)8-5-9-16-10-6-13(2)7-11-16/h13,15,17H,4-12H2,1-3H3. The first-order chi connectivity index (χ1) is 8.15. The van der Waals surface area contributed by atoms with Gasteiger partial charge in [0.15, 0.2) is 0 Å². The first-order valence-electron chi connectivity index (χ1n) is 7.18. The van der Waals surface area contributed by atoms with Crippen LogP contribution >= 0.6 is 0 Å². The molecule has 1 saturated heterocycles. The van der Waals surface area contributed by atoms with Crippen LogP contribution in [0.3, 0.4) is 0 Å². The van der Waals surface area contributed by atoms with Gasteiger partial charge >= 0.3 is 0 Å². The Kier molecular flexibility index (Phi) is 6.45. The van der Waals surface area contributed by atoms with E-state index in [1.807, 2.05) is 7.05 Å². The number of aliphatic hydroxyl groups excluding tert-OH is 1. The second-order valence-electron chi connectivity index (χ2n) is 5.67. The lowest BCUT2D eigenvalue weighted by Crippen LogP contribution is -2.46. The summed E-state index contributed by atoms with van der Waals surface area (Å²) in [6.45, 7) is 8.46. The first kappa shape index (κ1) is 14.9. The van der Waals surface area contributed by atoms with Gasteiger partial charge in [-0.25, -0.2) is 0 Å². The molecular formula is C14H30N2O. The van der Waals surface area contributed by atoms with Gasteiger partial charge in [0.2, 0.25) is 0 Å². The SMILES string of the molecule is CCC(CO)(CCCN1CCC(C)CC1)NC. The van der Waals surface area contributed by atoms with Crippen LogP contribution in [0.25, 0.3) is 0 Å². The van der Waals surface area contributed by atoms with Gasteiger partial charge in [-0.3, -0.25) is 0 Å². The smallest absolute Gasteiger partial charge is 0.0613 e. The largest absolute Gasteiger partial charge is 0.394 e. The van der Waals surface area contributed by atoms with Gasteiger partial charge in [0.1, 0.15) is 0 Å². The number of likely N-dealkylation sites (N-methyl/N-ethyl adjacent to an activating group) is 1. The molecule has 0 aromatic rings. The molecule has 3 heteroatoms. The van der Waals surface area contributed by atoms with E-state index < -0.39 is 0 Å². The molecule has 3 nitrogen and oxygen atoms in total. The highest BCUT2D eigenvalue weighted by Gasteiger charge is 2.25. The second kappa shape index (κ2) is 7.34. The Morgan fingerprint density at radius 1 is 1.35 bits per heavy atom. The van der Waals surface area contributed by atoms with Gasteiger partial charge in [-0.2, -0.15) is 0 Å². The number of hydrogen-bond acceptors (Lipinski definition) is 3. The minimum Gasteiger partial charge on any atom is -0.394 e. The van der Waals surface area contributed by atoms with Crippen LogP contribution < -0.4 is 5.32 Å². The minimum absolute atomic E-state index is 0.0525. The van der Waals surface area contributed by atoms with Crippen LogP contribution in [0.1, 0.15) is 46.0 Å². The molecule has 1 aliphatic heterocycles. The van der Waals surface area contributed by atoms with Crippen LogP contribution in [0.2, 0.25) is 0 Å². The van der Waals surface area contributed by atoms with E-state index in [1.165, 1.54) is 38.9 Å². The van der Waals surface area contributed by atoms with E-state index in [-0.39, 0.29) is 12.1 Å².